The summed E-state index contributed by atoms with van der Waals surface area (Å²) in [6.07, 6.45) is 6.43. The van der Waals surface area contributed by atoms with E-state index in [1.54, 1.807) is 0 Å². The molecule has 1 saturated carbocycles. The van der Waals surface area contributed by atoms with Gasteiger partial charge in [-0.15, -0.1) is 6.42 Å². The van der Waals surface area contributed by atoms with Gasteiger partial charge >= 0.3 is 0 Å². The van der Waals surface area contributed by atoms with Crippen LogP contribution in [0.4, 0.5) is 0 Å². The van der Waals surface area contributed by atoms with Crippen LogP contribution in [0.25, 0.3) is 0 Å². The lowest BCUT2D eigenvalue weighted by Crippen LogP contribution is -1.87. The van der Waals surface area contributed by atoms with Crippen molar-refractivity contribution in [2.75, 3.05) is 0 Å². The van der Waals surface area contributed by atoms with Crippen molar-refractivity contribution in [3.8, 4) is 12.3 Å². The Morgan fingerprint density at radius 2 is 2.29 bits per heavy atom. The molecule has 1 rings (SSSR count). The predicted molar refractivity (Wildman–Crippen MR) is 30.7 cm³/mol. The van der Waals surface area contributed by atoms with Crippen molar-refractivity contribution < 1.29 is 0 Å². The molecule has 2 unspecified atom stereocenters. The minimum atomic E-state index is 0.278. The number of hydrogen-bond donors (Lipinski definition) is 0. The lowest BCUT2D eigenvalue weighted by Gasteiger charge is -1.92. The Balaban J connectivity index is 2.57. The van der Waals surface area contributed by atoms with Crippen LogP contribution in [0.2, 0.25) is 0 Å². The van der Waals surface area contributed by atoms with E-state index in [9.17, 15) is 0 Å². The summed E-state index contributed by atoms with van der Waals surface area (Å²) in [4.78, 5) is 0. The molecule has 7 heavy (non-hydrogen) atoms. The summed E-state index contributed by atoms with van der Waals surface area (Å²) in [5.74, 6) is 3.54. The van der Waals surface area contributed by atoms with Gasteiger partial charge in [0.1, 0.15) is 0 Å². The number of hydrogen-bond acceptors (Lipinski definition) is 0. The van der Waals surface area contributed by atoms with Crippen LogP contribution in [0.15, 0.2) is 0 Å². The highest BCUT2D eigenvalue weighted by atomic mass is 14.5. The standard InChI is InChI=1S/C7H10/c1-4-7(3)5-6(7)2/h1,6H,5H2,2-3H3. The van der Waals surface area contributed by atoms with Gasteiger partial charge in [0.05, 0.1) is 0 Å². The van der Waals surface area contributed by atoms with Crippen LogP contribution in [0.3, 0.4) is 0 Å². The Labute approximate surface area is 44.9 Å². The van der Waals surface area contributed by atoms with Crippen molar-refractivity contribution in [2.45, 2.75) is 20.3 Å². The van der Waals surface area contributed by atoms with Gasteiger partial charge in [0.15, 0.2) is 0 Å². The molecule has 0 spiro atoms. The minimum absolute atomic E-state index is 0.278. The fourth-order valence-electron chi connectivity index (χ4n) is 0.778. The number of terminal acetylenes is 1. The maximum atomic E-state index is 5.21. The topological polar surface area (TPSA) is 0 Å². The molecular weight excluding hydrogens is 84.1 g/mol. The molecule has 0 bridgehead atoms. The van der Waals surface area contributed by atoms with Crippen molar-refractivity contribution in [3.63, 3.8) is 0 Å². The normalized spacial score (nSPS) is 47.9. The van der Waals surface area contributed by atoms with E-state index in [1.807, 2.05) is 0 Å². The fraction of sp³-hybridized carbons (Fsp3) is 0.714. The van der Waals surface area contributed by atoms with Gasteiger partial charge in [0, 0.05) is 5.41 Å². The molecule has 1 aliphatic rings. The molecule has 2 atom stereocenters. The van der Waals surface area contributed by atoms with Crippen LogP contribution >= 0.6 is 0 Å². The summed E-state index contributed by atoms with van der Waals surface area (Å²) in [6, 6.07) is 0. The molecule has 0 heterocycles. The zero-order valence-electron chi connectivity index (χ0n) is 4.86. The lowest BCUT2D eigenvalue weighted by molar-refractivity contribution is 0.692. The van der Waals surface area contributed by atoms with Crippen LogP contribution in [-0.2, 0) is 0 Å². The SMILES string of the molecule is C#CC1(C)CC1C. The molecule has 1 aliphatic carbocycles. The van der Waals surface area contributed by atoms with Gasteiger partial charge in [0.25, 0.3) is 0 Å². The van der Waals surface area contributed by atoms with E-state index in [2.05, 4.69) is 19.8 Å². The molecule has 0 aromatic heterocycles. The van der Waals surface area contributed by atoms with E-state index >= 15 is 0 Å². The highest BCUT2D eigenvalue weighted by Gasteiger charge is 2.44. The van der Waals surface area contributed by atoms with Crippen molar-refractivity contribution >= 4 is 0 Å². The number of rotatable bonds is 0. The third kappa shape index (κ3) is 0.527. The van der Waals surface area contributed by atoms with E-state index in [-0.39, 0.29) is 5.41 Å². The Kier molecular flexibility index (Phi) is 0.698. The van der Waals surface area contributed by atoms with E-state index < -0.39 is 0 Å². The second-order valence-corrected chi connectivity index (χ2v) is 2.67. The molecular formula is C7H10. The Morgan fingerprint density at radius 1 is 1.86 bits per heavy atom. The molecule has 0 aromatic rings. The first-order chi connectivity index (χ1) is 3.19. The summed E-state index contributed by atoms with van der Waals surface area (Å²) in [5, 5.41) is 0. The average Bonchev–Trinajstić information content (AvgIpc) is 2.18. The smallest absolute Gasteiger partial charge is 0.0313 e. The zero-order chi connectivity index (χ0) is 5.49. The summed E-state index contributed by atoms with van der Waals surface area (Å²) >= 11 is 0. The van der Waals surface area contributed by atoms with E-state index in [4.69, 9.17) is 6.42 Å². The van der Waals surface area contributed by atoms with Gasteiger partial charge in [-0.3, -0.25) is 0 Å². The van der Waals surface area contributed by atoms with E-state index in [0.29, 0.717) is 0 Å². The highest BCUT2D eigenvalue weighted by molar-refractivity contribution is 5.16. The molecule has 1 fully saturated rings. The molecule has 0 heteroatoms. The third-order valence-electron chi connectivity index (χ3n) is 1.99. The Bertz CT molecular complexity index is 118. The van der Waals surface area contributed by atoms with Crippen LogP contribution < -0.4 is 0 Å². The minimum Gasteiger partial charge on any atom is -0.120 e. The van der Waals surface area contributed by atoms with Crippen LogP contribution in [0, 0.1) is 23.7 Å². The molecule has 0 saturated heterocycles. The van der Waals surface area contributed by atoms with Gasteiger partial charge in [-0.05, 0) is 19.3 Å². The Hall–Kier alpha value is -0.440. The van der Waals surface area contributed by atoms with E-state index in [0.717, 1.165) is 5.92 Å². The highest BCUT2D eigenvalue weighted by Crippen LogP contribution is 2.50. The second-order valence-electron chi connectivity index (χ2n) is 2.67. The maximum Gasteiger partial charge on any atom is 0.0313 e. The largest absolute Gasteiger partial charge is 0.120 e. The first-order valence-electron chi connectivity index (χ1n) is 2.67. The van der Waals surface area contributed by atoms with Gasteiger partial charge in [-0.25, -0.2) is 0 Å². The first kappa shape index (κ1) is 4.71. The summed E-state index contributed by atoms with van der Waals surface area (Å²) in [6.45, 7) is 4.33. The van der Waals surface area contributed by atoms with Gasteiger partial charge in [-0.1, -0.05) is 12.8 Å². The molecule has 0 aromatic carbocycles. The van der Waals surface area contributed by atoms with Gasteiger partial charge < -0.3 is 0 Å². The third-order valence-corrected chi connectivity index (χ3v) is 1.99. The fourth-order valence-corrected chi connectivity index (χ4v) is 0.778. The van der Waals surface area contributed by atoms with Crippen molar-refractivity contribution in [3.05, 3.63) is 0 Å². The molecule has 0 aliphatic heterocycles. The van der Waals surface area contributed by atoms with Crippen molar-refractivity contribution in [2.24, 2.45) is 11.3 Å². The molecule has 38 valence electrons. The summed E-state index contributed by atoms with van der Waals surface area (Å²) in [7, 11) is 0. The van der Waals surface area contributed by atoms with Crippen molar-refractivity contribution in [1.82, 2.24) is 0 Å². The van der Waals surface area contributed by atoms with Gasteiger partial charge in [-0.2, -0.15) is 0 Å². The predicted octanol–water partition coefficient (Wildman–Crippen LogP) is 1.67. The summed E-state index contributed by atoms with van der Waals surface area (Å²) in [5.41, 5.74) is 0.278. The van der Waals surface area contributed by atoms with Crippen molar-refractivity contribution in [1.29, 1.82) is 0 Å². The van der Waals surface area contributed by atoms with Gasteiger partial charge in [0.2, 0.25) is 0 Å². The monoisotopic (exact) mass is 94.1 g/mol. The first-order valence-corrected chi connectivity index (χ1v) is 2.67. The summed E-state index contributed by atoms with van der Waals surface area (Å²) < 4.78 is 0. The molecule has 0 nitrogen and oxygen atoms in total. The zero-order valence-corrected chi connectivity index (χ0v) is 4.86. The molecule has 0 amide bonds. The maximum absolute atomic E-state index is 5.21. The lowest BCUT2D eigenvalue weighted by atomic mass is 10.1. The average molecular weight is 94.2 g/mol. The van der Waals surface area contributed by atoms with Crippen LogP contribution in [0.5, 0.6) is 0 Å². The van der Waals surface area contributed by atoms with Crippen LogP contribution in [0.1, 0.15) is 20.3 Å². The molecule has 0 N–H and O–H groups in total. The Morgan fingerprint density at radius 3 is 2.29 bits per heavy atom. The van der Waals surface area contributed by atoms with Crippen LogP contribution in [-0.4, -0.2) is 0 Å². The molecule has 0 radical (unpaired) electrons. The second kappa shape index (κ2) is 1.04. The van der Waals surface area contributed by atoms with E-state index in [1.165, 1.54) is 6.42 Å². The quantitative estimate of drug-likeness (QED) is 0.400.